The SMILES string of the molecule is CC(=O)c1ccc(OCCC(=O)OCC(=O)Nc2ccc(I)cc2)cc1. The van der Waals surface area contributed by atoms with E-state index >= 15 is 0 Å². The maximum absolute atomic E-state index is 11.7. The van der Waals surface area contributed by atoms with Gasteiger partial charge in [0.1, 0.15) is 5.75 Å². The zero-order valence-corrected chi connectivity index (χ0v) is 16.3. The van der Waals surface area contributed by atoms with E-state index in [2.05, 4.69) is 27.9 Å². The number of ether oxygens (including phenoxy) is 2. The highest BCUT2D eigenvalue weighted by molar-refractivity contribution is 14.1. The lowest BCUT2D eigenvalue weighted by molar-refractivity contribution is -0.147. The lowest BCUT2D eigenvalue weighted by Crippen LogP contribution is -2.21. The molecule has 0 spiro atoms. The minimum absolute atomic E-state index is 0.0191. The first-order valence-corrected chi connectivity index (χ1v) is 8.97. The molecule has 2 rings (SSSR count). The van der Waals surface area contributed by atoms with E-state index in [1.54, 1.807) is 36.4 Å². The first-order chi connectivity index (χ1) is 12.4. The van der Waals surface area contributed by atoms with E-state index in [4.69, 9.17) is 9.47 Å². The lowest BCUT2D eigenvalue weighted by Gasteiger charge is -2.08. The van der Waals surface area contributed by atoms with E-state index in [1.165, 1.54) is 6.92 Å². The first-order valence-electron chi connectivity index (χ1n) is 7.89. The highest BCUT2D eigenvalue weighted by Crippen LogP contribution is 2.13. The van der Waals surface area contributed by atoms with Crippen LogP contribution in [0.2, 0.25) is 0 Å². The highest BCUT2D eigenvalue weighted by atomic mass is 127. The van der Waals surface area contributed by atoms with Gasteiger partial charge >= 0.3 is 5.97 Å². The average molecular weight is 467 g/mol. The fraction of sp³-hybridized carbons (Fsp3) is 0.211. The summed E-state index contributed by atoms with van der Waals surface area (Å²) in [5.74, 6) is -0.397. The third kappa shape index (κ3) is 6.83. The molecule has 0 radical (unpaired) electrons. The number of ketones is 1. The average Bonchev–Trinajstić information content (AvgIpc) is 2.62. The molecule has 2 aromatic rings. The molecule has 0 saturated heterocycles. The van der Waals surface area contributed by atoms with Gasteiger partial charge in [0.15, 0.2) is 12.4 Å². The van der Waals surface area contributed by atoms with Crippen LogP contribution < -0.4 is 10.1 Å². The Hall–Kier alpha value is -2.42. The summed E-state index contributed by atoms with van der Waals surface area (Å²) in [6, 6.07) is 13.9. The van der Waals surface area contributed by atoms with Crippen LogP contribution in [0.25, 0.3) is 0 Å². The number of benzene rings is 2. The Bertz CT molecular complexity index is 772. The van der Waals surface area contributed by atoms with Gasteiger partial charge in [-0.15, -0.1) is 0 Å². The Morgan fingerprint density at radius 1 is 1.00 bits per heavy atom. The molecule has 0 saturated carbocycles. The number of hydrogen-bond donors (Lipinski definition) is 1. The molecule has 7 heteroatoms. The zero-order valence-electron chi connectivity index (χ0n) is 14.2. The molecule has 0 aromatic heterocycles. The molecule has 26 heavy (non-hydrogen) atoms. The summed E-state index contributed by atoms with van der Waals surface area (Å²) < 4.78 is 11.4. The Kier molecular flexibility index (Phi) is 7.58. The van der Waals surface area contributed by atoms with Crippen LogP contribution >= 0.6 is 22.6 Å². The smallest absolute Gasteiger partial charge is 0.309 e. The molecule has 0 bridgehead atoms. The van der Waals surface area contributed by atoms with Crippen LogP contribution in [-0.2, 0) is 14.3 Å². The van der Waals surface area contributed by atoms with Crippen LogP contribution in [0.15, 0.2) is 48.5 Å². The second kappa shape index (κ2) is 9.91. The molecule has 0 aliphatic heterocycles. The number of rotatable bonds is 8. The molecule has 0 unspecified atom stereocenters. The minimum Gasteiger partial charge on any atom is -0.493 e. The number of amides is 1. The standard InChI is InChI=1S/C19H18INO5/c1-13(22)14-2-8-17(9-3-14)25-11-10-19(24)26-12-18(23)21-16-6-4-15(20)5-7-16/h2-9H,10-12H2,1H3,(H,21,23). The van der Waals surface area contributed by atoms with E-state index in [9.17, 15) is 14.4 Å². The maximum atomic E-state index is 11.7. The van der Waals surface area contributed by atoms with Crippen molar-refractivity contribution in [2.45, 2.75) is 13.3 Å². The van der Waals surface area contributed by atoms with Crippen molar-refractivity contribution in [2.75, 3.05) is 18.5 Å². The Morgan fingerprint density at radius 2 is 1.65 bits per heavy atom. The number of esters is 1. The van der Waals surface area contributed by atoms with E-state index < -0.39 is 11.9 Å². The summed E-state index contributed by atoms with van der Waals surface area (Å²) in [6.45, 7) is 1.26. The van der Waals surface area contributed by atoms with Gasteiger partial charge in [-0.1, -0.05) is 0 Å². The van der Waals surface area contributed by atoms with Gasteiger partial charge in [-0.25, -0.2) is 0 Å². The first kappa shape index (κ1) is 19.9. The van der Waals surface area contributed by atoms with Gasteiger partial charge in [-0.05, 0) is 78.0 Å². The molecule has 0 fully saturated rings. The fourth-order valence-corrected chi connectivity index (χ4v) is 2.35. The van der Waals surface area contributed by atoms with Crippen LogP contribution in [0.3, 0.4) is 0 Å². The molecule has 1 amide bonds. The van der Waals surface area contributed by atoms with Crippen molar-refractivity contribution < 1.29 is 23.9 Å². The minimum atomic E-state index is -0.525. The van der Waals surface area contributed by atoms with Gasteiger partial charge in [-0.3, -0.25) is 14.4 Å². The van der Waals surface area contributed by atoms with E-state index in [0.717, 1.165) is 3.57 Å². The van der Waals surface area contributed by atoms with Gasteiger partial charge in [0.05, 0.1) is 13.0 Å². The maximum Gasteiger partial charge on any atom is 0.309 e. The number of carbonyl (C=O) groups is 3. The van der Waals surface area contributed by atoms with Gasteiger partial charge in [0.25, 0.3) is 5.91 Å². The monoisotopic (exact) mass is 467 g/mol. The normalized spacial score (nSPS) is 10.1. The number of hydrogen-bond acceptors (Lipinski definition) is 5. The predicted octanol–water partition coefficient (Wildman–Crippen LogP) is 3.44. The molecule has 0 aliphatic carbocycles. The molecule has 1 N–H and O–H groups in total. The van der Waals surface area contributed by atoms with E-state index in [1.807, 2.05) is 12.1 Å². The van der Waals surface area contributed by atoms with E-state index in [-0.39, 0.29) is 25.4 Å². The Balaban J connectivity index is 1.66. The highest BCUT2D eigenvalue weighted by Gasteiger charge is 2.08. The van der Waals surface area contributed by atoms with Crippen molar-refractivity contribution in [1.29, 1.82) is 0 Å². The summed E-state index contributed by atoms with van der Waals surface area (Å²) >= 11 is 2.17. The topological polar surface area (TPSA) is 81.7 Å². The summed E-state index contributed by atoms with van der Waals surface area (Å²) in [5.41, 5.74) is 1.24. The number of anilines is 1. The van der Waals surface area contributed by atoms with Gasteiger partial charge in [0.2, 0.25) is 0 Å². The van der Waals surface area contributed by atoms with Crippen molar-refractivity contribution >= 4 is 45.9 Å². The van der Waals surface area contributed by atoms with Crippen LogP contribution in [0.5, 0.6) is 5.75 Å². The number of nitrogens with one attached hydrogen (secondary N) is 1. The lowest BCUT2D eigenvalue weighted by atomic mass is 10.1. The number of carbonyl (C=O) groups excluding carboxylic acids is 3. The molecular formula is C19H18INO5. The van der Waals surface area contributed by atoms with Crippen molar-refractivity contribution in [3.63, 3.8) is 0 Å². The predicted molar refractivity (Wildman–Crippen MR) is 105 cm³/mol. The number of Topliss-reactive ketones (excluding diaryl/α,β-unsaturated/α-hetero) is 1. The second-order valence-corrected chi connectivity index (χ2v) is 6.64. The van der Waals surface area contributed by atoms with Crippen molar-refractivity contribution in [3.05, 3.63) is 57.7 Å². The van der Waals surface area contributed by atoms with Crippen LogP contribution in [0, 0.1) is 3.57 Å². The second-order valence-electron chi connectivity index (χ2n) is 5.39. The third-order valence-corrected chi connectivity index (χ3v) is 4.05. The summed E-state index contributed by atoms with van der Waals surface area (Å²) in [4.78, 5) is 34.6. The molecule has 2 aromatic carbocycles. The third-order valence-electron chi connectivity index (χ3n) is 3.33. The van der Waals surface area contributed by atoms with Crippen LogP contribution in [0.1, 0.15) is 23.7 Å². The molecule has 0 heterocycles. The molecule has 6 nitrogen and oxygen atoms in total. The zero-order chi connectivity index (χ0) is 18.9. The summed E-state index contributed by atoms with van der Waals surface area (Å²) in [7, 11) is 0. The number of halogens is 1. The van der Waals surface area contributed by atoms with Gasteiger partial charge < -0.3 is 14.8 Å². The Labute approximate surface area is 165 Å². The van der Waals surface area contributed by atoms with Crippen molar-refractivity contribution in [2.24, 2.45) is 0 Å². The molecular weight excluding hydrogens is 449 g/mol. The summed E-state index contributed by atoms with van der Waals surface area (Å²) in [6.07, 6.45) is 0.0191. The van der Waals surface area contributed by atoms with E-state index in [0.29, 0.717) is 17.0 Å². The molecule has 0 atom stereocenters. The quantitative estimate of drug-likeness (QED) is 0.366. The molecule has 136 valence electrons. The van der Waals surface area contributed by atoms with Gasteiger partial charge in [0, 0.05) is 14.8 Å². The Morgan fingerprint density at radius 3 is 2.27 bits per heavy atom. The van der Waals surface area contributed by atoms with Gasteiger partial charge in [-0.2, -0.15) is 0 Å². The van der Waals surface area contributed by atoms with Crippen molar-refractivity contribution in [3.8, 4) is 5.75 Å². The fourth-order valence-electron chi connectivity index (χ4n) is 1.99. The summed E-state index contributed by atoms with van der Waals surface area (Å²) in [5, 5.41) is 2.64. The van der Waals surface area contributed by atoms with Crippen LogP contribution in [0.4, 0.5) is 5.69 Å². The molecule has 0 aliphatic rings. The largest absolute Gasteiger partial charge is 0.493 e. The van der Waals surface area contributed by atoms with Crippen LogP contribution in [-0.4, -0.2) is 30.9 Å². The van der Waals surface area contributed by atoms with Crippen molar-refractivity contribution in [1.82, 2.24) is 0 Å².